The van der Waals surface area contributed by atoms with Crippen molar-refractivity contribution in [1.82, 2.24) is 15.2 Å². The van der Waals surface area contributed by atoms with Crippen LogP contribution in [0.2, 0.25) is 0 Å². The maximum atomic E-state index is 13.4. The summed E-state index contributed by atoms with van der Waals surface area (Å²) in [6.45, 7) is 9.54. The molecule has 0 radical (unpaired) electrons. The SMILES string of the molecule is COc1cc(C(=O)NC2(C)CCN(C(=O)OC(C)(C)C)C2)ccc1-c1cc2nccc(-c3ccc(OC4CCOCC4)c(C#N)c3)c2o1. The van der Waals surface area contributed by atoms with Gasteiger partial charge in [0.2, 0.25) is 0 Å². The third kappa shape index (κ3) is 7.09. The van der Waals surface area contributed by atoms with Gasteiger partial charge in [-0.05, 0) is 76.1 Å². The summed E-state index contributed by atoms with van der Waals surface area (Å²) in [4.78, 5) is 32.1. The molecule has 2 aromatic carbocycles. The van der Waals surface area contributed by atoms with Crippen LogP contribution in [0.4, 0.5) is 4.79 Å². The summed E-state index contributed by atoms with van der Waals surface area (Å²) in [5.74, 6) is 1.25. The topological polar surface area (TPSA) is 136 Å². The zero-order valence-electron chi connectivity index (χ0n) is 27.9. The van der Waals surface area contributed by atoms with Crippen LogP contribution >= 0.6 is 0 Å². The highest BCUT2D eigenvalue weighted by Gasteiger charge is 2.39. The molecular formula is C37H40N4O7. The monoisotopic (exact) mass is 652 g/mol. The molecule has 1 N–H and O–H groups in total. The first-order valence-corrected chi connectivity index (χ1v) is 16.1. The summed E-state index contributed by atoms with van der Waals surface area (Å²) < 4.78 is 29.2. The fourth-order valence-corrected chi connectivity index (χ4v) is 6.09. The molecule has 4 heterocycles. The Bertz CT molecular complexity index is 1880. The second kappa shape index (κ2) is 13.2. The van der Waals surface area contributed by atoms with Crippen LogP contribution in [0.15, 0.2) is 59.1 Å². The molecule has 250 valence electrons. The predicted molar refractivity (Wildman–Crippen MR) is 179 cm³/mol. The highest BCUT2D eigenvalue weighted by Crippen LogP contribution is 2.39. The molecule has 0 saturated carbocycles. The van der Waals surface area contributed by atoms with Gasteiger partial charge in [0.1, 0.15) is 40.6 Å². The van der Waals surface area contributed by atoms with Crippen LogP contribution in [0.1, 0.15) is 62.9 Å². The van der Waals surface area contributed by atoms with Crippen LogP contribution < -0.4 is 14.8 Å². The molecule has 1 unspecified atom stereocenters. The number of nitrogens with zero attached hydrogens (tertiary/aromatic N) is 3. The predicted octanol–water partition coefficient (Wildman–Crippen LogP) is 6.73. The van der Waals surface area contributed by atoms with Crippen LogP contribution in [0.3, 0.4) is 0 Å². The fraction of sp³-hybridized carbons (Fsp3) is 0.405. The first-order chi connectivity index (χ1) is 22.9. The van der Waals surface area contributed by atoms with E-state index in [0.717, 1.165) is 24.0 Å². The molecule has 2 amide bonds. The summed E-state index contributed by atoms with van der Waals surface area (Å²) in [5.41, 5.74) is 3.06. The van der Waals surface area contributed by atoms with E-state index in [0.29, 0.717) is 77.8 Å². The van der Waals surface area contributed by atoms with Crippen LogP contribution in [0.25, 0.3) is 33.6 Å². The van der Waals surface area contributed by atoms with Gasteiger partial charge < -0.3 is 33.6 Å². The largest absolute Gasteiger partial charge is 0.496 e. The lowest BCUT2D eigenvalue weighted by molar-refractivity contribution is 0.0254. The number of nitriles is 1. The number of ether oxygens (including phenoxy) is 4. The molecule has 0 spiro atoms. The fourth-order valence-electron chi connectivity index (χ4n) is 6.09. The van der Waals surface area contributed by atoms with Crippen LogP contribution in [-0.2, 0) is 9.47 Å². The molecule has 2 aliphatic heterocycles. The van der Waals surface area contributed by atoms with E-state index < -0.39 is 17.2 Å². The van der Waals surface area contributed by atoms with E-state index in [1.807, 2.05) is 52.0 Å². The normalized spacial score (nSPS) is 18.4. The third-order valence-electron chi connectivity index (χ3n) is 8.55. The summed E-state index contributed by atoms with van der Waals surface area (Å²) in [7, 11) is 1.54. The Morgan fingerprint density at radius 2 is 1.85 bits per heavy atom. The van der Waals surface area contributed by atoms with Crippen molar-refractivity contribution in [1.29, 1.82) is 5.26 Å². The quantitative estimate of drug-likeness (QED) is 0.230. The minimum atomic E-state index is -0.610. The van der Waals surface area contributed by atoms with Crippen molar-refractivity contribution >= 4 is 23.1 Å². The Labute approximate surface area is 279 Å². The van der Waals surface area contributed by atoms with Gasteiger partial charge in [0.05, 0.1) is 37.0 Å². The number of hydrogen-bond donors (Lipinski definition) is 1. The maximum absolute atomic E-state index is 13.4. The maximum Gasteiger partial charge on any atom is 0.410 e. The van der Waals surface area contributed by atoms with Gasteiger partial charge in [-0.15, -0.1) is 0 Å². The summed E-state index contributed by atoms with van der Waals surface area (Å²) >= 11 is 0. The zero-order valence-corrected chi connectivity index (χ0v) is 27.9. The number of fused-ring (bicyclic) bond motifs is 1. The Balaban J connectivity index is 1.21. The molecule has 6 rings (SSSR count). The smallest absolute Gasteiger partial charge is 0.410 e. The lowest BCUT2D eigenvalue weighted by Crippen LogP contribution is -2.49. The number of methoxy groups -OCH3 is 1. The number of hydrogen-bond acceptors (Lipinski definition) is 9. The molecule has 2 saturated heterocycles. The van der Waals surface area contributed by atoms with Gasteiger partial charge in [0.15, 0.2) is 5.58 Å². The van der Waals surface area contributed by atoms with Gasteiger partial charge in [0, 0.05) is 49.3 Å². The molecule has 2 aliphatic rings. The number of carbonyl (C=O) groups is 2. The Morgan fingerprint density at radius 1 is 1.06 bits per heavy atom. The van der Waals surface area contributed by atoms with Crippen molar-refractivity contribution in [3.63, 3.8) is 0 Å². The van der Waals surface area contributed by atoms with E-state index >= 15 is 0 Å². The van der Waals surface area contributed by atoms with Gasteiger partial charge in [-0.25, -0.2) is 4.79 Å². The van der Waals surface area contributed by atoms with Gasteiger partial charge in [-0.2, -0.15) is 5.26 Å². The Hall–Kier alpha value is -5.08. The van der Waals surface area contributed by atoms with Crippen LogP contribution in [0.5, 0.6) is 11.5 Å². The minimum absolute atomic E-state index is 0.0183. The highest BCUT2D eigenvalue weighted by atomic mass is 16.6. The summed E-state index contributed by atoms with van der Waals surface area (Å²) in [5, 5.41) is 13.0. The molecule has 0 aliphatic carbocycles. The first kappa shape index (κ1) is 32.8. The number of furan rings is 1. The van der Waals surface area contributed by atoms with Crippen LogP contribution in [0, 0.1) is 11.3 Å². The van der Waals surface area contributed by atoms with Crippen molar-refractivity contribution in [2.75, 3.05) is 33.4 Å². The molecule has 2 fully saturated rings. The first-order valence-electron chi connectivity index (χ1n) is 16.1. The van der Waals surface area contributed by atoms with Crippen molar-refractivity contribution in [2.24, 2.45) is 0 Å². The molecule has 11 nitrogen and oxygen atoms in total. The number of nitrogens with one attached hydrogen (secondary N) is 1. The lowest BCUT2D eigenvalue weighted by Gasteiger charge is -2.28. The number of amides is 2. The number of benzene rings is 2. The Kier molecular flexibility index (Phi) is 9.03. The second-order valence-corrected chi connectivity index (χ2v) is 13.5. The molecule has 0 bridgehead atoms. The lowest BCUT2D eigenvalue weighted by atomic mass is 10.0. The molecule has 1 atom stereocenters. The Morgan fingerprint density at radius 3 is 2.58 bits per heavy atom. The summed E-state index contributed by atoms with van der Waals surface area (Å²) in [6.07, 6.45) is 3.50. The number of carbonyl (C=O) groups excluding carboxylic acids is 2. The third-order valence-corrected chi connectivity index (χ3v) is 8.55. The van der Waals surface area contributed by atoms with Gasteiger partial charge >= 0.3 is 6.09 Å². The van der Waals surface area contributed by atoms with E-state index in [1.165, 1.54) is 7.11 Å². The molecule has 4 aromatic rings. The van der Waals surface area contributed by atoms with Gasteiger partial charge in [-0.1, -0.05) is 6.07 Å². The zero-order chi connectivity index (χ0) is 34.1. The average Bonchev–Trinajstić information content (AvgIpc) is 3.68. The van der Waals surface area contributed by atoms with Crippen molar-refractivity contribution in [3.05, 3.63) is 65.9 Å². The standard InChI is InChI=1S/C37H40N4O7/c1-36(2,3)48-35(43)41-15-13-37(4,22-41)40-34(42)24-6-8-28(31(19-24)44-5)32-20-29-33(47-32)27(10-14-39-29)23-7-9-30(25(18-23)21-38)46-26-11-16-45-17-12-26/h6-10,14,18-20,26H,11-13,15-17,22H2,1-5H3,(H,40,42). The van der Waals surface area contributed by atoms with Crippen molar-refractivity contribution in [3.8, 4) is 40.0 Å². The summed E-state index contributed by atoms with van der Waals surface area (Å²) in [6, 6.07) is 16.7. The number of rotatable bonds is 7. The average molecular weight is 653 g/mol. The van der Waals surface area contributed by atoms with Gasteiger partial charge in [0.25, 0.3) is 5.91 Å². The molecular weight excluding hydrogens is 612 g/mol. The molecule has 48 heavy (non-hydrogen) atoms. The highest BCUT2D eigenvalue weighted by molar-refractivity contribution is 5.97. The van der Waals surface area contributed by atoms with E-state index in [1.54, 1.807) is 35.4 Å². The molecule has 11 heteroatoms. The van der Waals surface area contributed by atoms with E-state index in [9.17, 15) is 14.9 Å². The van der Waals surface area contributed by atoms with Crippen LogP contribution in [-0.4, -0.2) is 72.5 Å². The molecule has 2 aromatic heterocycles. The van der Waals surface area contributed by atoms with Gasteiger partial charge in [-0.3, -0.25) is 9.78 Å². The van der Waals surface area contributed by atoms with Crippen molar-refractivity contribution < 1.29 is 33.0 Å². The number of likely N-dealkylation sites (tertiary alicyclic amines) is 1. The van der Waals surface area contributed by atoms with E-state index in [2.05, 4.69) is 16.4 Å². The van der Waals surface area contributed by atoms with E-state index in [4.69, 9.17) is 23.4 Å². The second-order valence-electron chi connectivity index (χ2n) is 13.5. The minimum Gasteiger partial charge on any atom is -0.496 e. The number of pyridine rings is 1. The number of aromatic nitrogens is 1. The van der Waals surface area contributed by atoms with Crippen molar-refractivity contribution in [2.45, 2.75) is 64.2 Å². The van der Waals surface area contributed by atoms with E-state index in [-0.39, 0.29) is 12.0 Å².